The molecule has 0 bridgehead atoms. The molecule has 4 nitrogen and oxygen atoms in total. The SMILES string of the molecule is CCCc1cc(O)c([C@@H]2C=C(C)CC[C@H]2C(C)CC)c(O)c1C(=O)O. The maximum Gasteiger partial charge on any atom is 0.339 e. The molecule has 0 radical (unpaired) electrons. The van der Waals surface area contributed by atoms with Crippen molar-refractivity contribution in [3.8, 4) is 11.5 Å². The number of aromatic hydroxyl groups is 2. The molecule has 0 aliphatic heterocycles. The Morgan fingerprint density at radius 1 is 1.32 bits per heavy atom. The standard InChI is InChI=1S/C21H30O4/c1-5-7-14-11-17(22)19(20(23)18(14)21(24)25)16-10-12(3)8-9-15(16)13(4)6-2/h10-11,13,15-16,22-23H,5-9H2,1-4H3,(H,24,25)/t13?,15-,16+/m0/s1. The molecule has 1 aromatic carbocycles. The number of carboxylic acid groups (broad SMARTS) is 1. The van der Waals surface area contributed by atoms with E-state index in [-0.39, 0.29) is 28.9 Å². The lowest BCUT2D eigenvalue weighted by Gasteiger charge is -2.35. The van der Waals surface area contributed by atoms with E-state index in [0.29, 0.717) is 23.5 Å². The van der Waals surface area contributed by atoms with Crippen molar-refractivity contribution in [1.82, 2.24) is 0 Å². The molecule has 3 N–H and O–H groups in total. The van der Waals surface area contributed by atoms with Crippen LogP contribution in [-0.4, -0.2) is 21.3 Å². The minimum absolute atomic E-state index is 0.00945. The summed E-state index contributed by atoms with van der Waals surface area (Å²) in [7, 11) is 0. The Morgan fingerprint density at radius 2 is 2.00 bits per heavy atom. The molecule has 1 aromatic rings. The number of rotatable bonds is 6. The van der Waals surface area contributed by atoms with Gasteiger partial charge in [-0.3, -0.25) is 0 Å². The van der Waals surface area contributed by atoms with E-state index >= 15 is 0 Å². The van der Waals surface area contributed by atoms with Crippen molar-refractivity contribution in [3.05, 3.63) is 34.4 Å². The van der Waals surface area contributed by atoms with Gasteiger partial charge in [-0.25, -0.2) is 4.79 Å². The largest absolute Gasteiger partial charge is 0.507 e. The Morgan fingerprint density at radius 3 is 2.56 bits per heavy atom. The van der Waals surface area contributed by atoms with Gasteiger partial charge in [-0.05, 0) is 49.7 Å². The van der Waals surface area contributed by atoms with Gasteiger partial charge in [0.25, 0.3) is 0 Å². The molecule has 4 heteroatoms. The summed E-state index contributed by atoms with van der Waals surface area (Å²) >= 11 is 0. The summed E-state index contributed by atoms with van der Waals surface area (Å²) in [4.78, 5) is 11.7. The maximum atomic E-state index is 11.7. The van der Waals surface area contributed by atoms with Crippen LogP contribution in [-0.2, 0) is 6.42 Å². The Kier molecular flexibility index (Phi) is 6.15. The van der Waals surface area contributed by atoms with Gasteiger partial charge in [-0.1, -0.05) is 45.3 Å². The van der Waals surface area contributed by atoms with E-state index in [1.165, 1.54) is 11.6 Å². The molecule has 0 heterocycles. The fourth-order valence-corrected chi connectivity index (χ4v) is 4.08. The Balaban J connectivity index is 2.65. The zero-order valence-corrected chi connectivity index (χ0v) is 15.7. The highest BCUT2D eigenvalue weighted by Crippen LogP contribution is 2.48. The van der Waals surface area contributed by atoms with Crippen LogP contribution < -0.4 is 0 Å². The molecular weight excluding hydrogens is 316 g/mol. The molecule has 1 aliphatic rings. The predicted molar refractivity (Wildman–Crippen MR) is 99.4 cm³/mol. The molecule has 0 aromatic heterocycles. The normalized spacial score (nSPS) is 21.7. The lowest BCUT2D eigenvalue weighted by Crippen LogP contribution is -2.23. The zero-order chi connectivity index (χ0) is 18.7. The summed E-state index contributed by atoms with van der Waals surface area (Å²) in [5.74, 6) is -0.840. The number of allylic oxidation sites excluding steroid dienone is 2. The number of phenols is 2. The third-order valence-electron chi connectivity index (χ3n) is 5.64. The lowest BCUT2D eigenvalue weighted by molar-refractivity contribution is 0.0692. The molecule has 0 saturated carbocycles. The monoisotopic (exact) mass is 346 g/mol. The van der Waals surface area contributed by atoms with Gasteiger partial charge in [-0.2, -0.15) is 0 Å². The molecule has 138 valence electrons. The zero-order valence-electron chi connectivity index (χ0n) is 15.7. The Hall–Kier alpha value is -1.97. The summed E-state index contributed by atoms with van der Waals surface area (Å²) < 4.78 is 0. The maximum absolute atomic E-state index is 11.7. The first-order valence-electron chi connectivity index (χ1n) is 9.29. The van der Waals surface area contributed by atoms with E-state index in [4.69, 9.17) is 0 Å². The minimum atomic E-state index is -1.14. The molecule has 1 aliphatic carbocycles. The van der Waals surface area contributed by atoms with Crippen molar-refractivity contribution < 1.29 is 20.1 Å². The van der Waals surface area contributed by atoms with E-state index in [9.17, 15) is 20.1 Å². The Labute approximate surface area is 150 Å². The summed E-state index contributed by atoms with van der Waals surface area (Å²) in [6.07, 6.45) is 6.36. The quantitative estimate of drug-likeness (QED) is 0.616. The third kappa shape index (κ3) is 3.83. The van der Waals surface area contributed by atoms with Gasteiger partial charge in [0.1, 0.15) is 17.1 Å². The lowest BCUT2D eigenvalue weighted by atomic mass is 9.70. The average molecular weight is 346 g/mol. The van der Waals surface area contributed by atoms with E-state index in [1.807, 2.05) is 6.92 Å². The first-order chi connectivity index (χ1) is 11.8. The second-order valence-electron chi connectivity index (χ2n) is 7.37. The van der Waals surface area contributed by atoms with Crippen LogP contribution in [0.2, 0.25) is 0 Å². The molecule has 3 atom stereocenters. The molecule has 1 unspecified atom stereocenters. The number of benzene rings is 1. The summed E-state index contributed by atoms with van der Waals surface area (Å²) in [6, 6.07) is 1.54. The highest BCUT2D eigenvalue weighted by molar-refractivity contribution is 5.94. The number of phenolic OH excluding ortho intramolecular Hbond substituents is 1. The molecular formula is C21H30O4. The van der Waals surface area contributed by atoms with Crippen LogP contribution in [0.1, 0.15) is 80.8 Å². The number of carboxylic acids is 1. The molecule has 0 amide bonds. The van der Waals surface area contributed by atoms with Crippen molar-refractivity contribution in [2.75, 3.05) is 0 Å². The summed E-state index contributed by atoms with van der Waals surface area (Å²) in [6.45, 7) is 8.32. The van der Waals surface area contributed by atoms with E-state index < -0.39 is 5.97 Å². The van der Waals surface area contributed by atoms with E-state index in [0.717, 1.165) is 25.7 Å². The van der Waals surface area contributed by atoms with Crippen molar-refractivity contribution in [2.45, 2.75) is 65.7 Å². The van der Waals surface area contributed by atoms with Gasteiger partial charge in [-0.15, -0.1) is 0 Å². The van der Waals surface area contributed by atoms with Crippen LogP contribution in [0.4, 0.5) is 0 Å². The van der Waals surface area contributed by atoms with Gasteiger partial charge < -0.3 is 15.3 Å². The Bertz CT molecular complexity index is 675. The highest BCUT2D eigenvalue weighted by atomic mass is 16.4. The number of hydrogen-bond acceptors (Lipinski definition) is 3. The van der Waals surface area contributed by atoms with Gasteiger partial charge in [0, 0.05) is 11.5 Å². The molecule has 0 saturated heterocycles. The second-order valence-corrected chi connectivity index (χ2v) is 7.37. The number of aromatic carboxylic acids is 1. The highest BCUT2D eigenvalue weighted by Gasteiger charge is 2.34. The first kappa shape index (κ1) is 19.4. The summed E-state index contributed by atoms with van der Waals surface area (Å²) in [5.41, 5.74) is 2.03. The van der Waals surface area contributed by atoms with Crippen molar-refractivity contribution in [1.29, 1.82) is 0 Å². The van der Waals surface area contributed by atoms with Crippen LogP contribution in [0.3, 0.4) is 0 Å². The fourth-order valence-electron chi connectivity index (χ4n) is 4.08. The molecule has 0 spiro atoms. The van der Waals surface area contributed by atoms with Crippen LogP contribution >= 0.6 is 0 Å². The van der Waals surface area contributed by atoms with Crippen LogP contribution in [0.25, 0.3) is 0 Å². The van der Waals surface area contributed by atoms with Crippen LogP contribution in [0, 0.1) is 11.8 Å². The average Bonchev–Trinajstić information content (AvgIpc) is 2.54. The molecule has 2 rings (SSSR count). The second kappa shape index (κ2) is 7.94. The van der Waals surface area contributed by atoms with Crippen LogP contribution in [0.5, 0.6) is 11.5 Å². The first-order valence-corrected chi connectivity index (χ1v) is 9.29. The van der Waals surface area contributed by atoms with Gasteiger partial charge in [0.15, 0.2) is 0 Å². The van der Waals surface area contributed by atoms with E-state index in [1.54, 1.807) is 0 Å². The van der Waals surface area contributed by atoms with E-state index in [2.05, 4.69) is 26.8 Å². The fraction of sp³-hybridized carbons (Fsp3) is 0.571. The van der Waals surface area contributed by atoms with Crippen LogP contribution in [0.15, 0.2) is 17.7 Å². The topological polar surface area (TPSA) is 77.8 Å². The van der Waals surface area contributed by atoms with Gasteiger partial charge in [0.2, 0.25) is 0 Å². The third-order valence-corrected chi connectivity index (χ3v) is 5.64. The number of hydrogen-bond donors (Lipinski definition) is 3. The minimum Gasteiger partial charge on any atom is -0.507 e. The molecule has 0 fully saturated rings. The van der Waals surface area contributed by atoms with Crippen molar-refractivity contribution in [2.24, 2.45) is 11.8 Å². The smallest absolute Gasteiger partial charge is 0.339 e. The van der Waals surface area contributed by atoms with Gasteiger partial charge >= 0.3 is 5.97 Å². The van der Waals surface area contributed by atoms with Crippen molar-refractivity contribution in [3.63, 3.8) is 0 Å². The van der Waals surface area contributed by atoms with Crippen molar-refractivity contribution >= 4 is 5.97 Å². The van der Waals surface area contributed by atoms with Gasteiger partial charge in [0.05, 0.1) is 0 Å². The number of carbonyl (C=O) groups is 1. The number of aryl methyl sites for hydroxylation is 1. The predicted octanol–water partition coefficient (Wildman–Crippen LogP) is 5.23. The molecule has 25 heavy (non-hydrogen) atoms. The summed E-state index contributed by atoms with van der Waals surface area (Å²) in [5, 5.41) is 31.0.